The topological polar surface area (TPSA) is 55.8 Å². The molecular weight excluding hydrogens is 222 g/mol. The van der Waals surface area contributed by atoms with Crippen molar-refractivity contribution in [1.82, 2.24) is 0 Å². The zero-order valence-electron chi connectivity index (χ0n) is 9.07. The van der Waals surface area contributed by atoms with Crippen LogP contribution >= 0.6 is 17.7 Å². The monoisotopic (exact) mass is 244 g/mol. The van der Waals surface area contributed by atoms with E-state index in [2.05, 4.69) is 0 Å². The molecule has 0 aliphatic heterocycles. The molecule has 0 aliphatic rings. The van der Waals surface area contributed by atoms with E-state index in [1.165, 1.54) is 0 Å². The van der Waals surface area contributed by atoms with E-state index >= 15 is 0 Å². The number of hydrogen-bond donors (Lipinski definition) is 1. The van der Waals surface area contributed by atoms with Gasteiger partial charge in [-0.2, -0.15) is 9.90 Å². The molecule has 0 aromatic rings. The maximum absolute atomic E-state index is 11.1. The Kier molecular flexibility index (Phi) is 12.2. The van der Waals surface area contributed by atoms with Gasteiger partial charge in [0, 0.05) is 0 Å². The van der Waals surface area contributed by atoms with Crippen LogP contribution in [0.1, 0.15) is 39.5 Å². The molecular formula is C8H22O4P2. The molecule has 1 unspecified atom stereocenters. The van der Waals surface area contributed by atoms with Gasteiger partial charge in [0.1, 0.15) is 0 Å². The summed E-state index contributed by atoms with van der Waals surface area (Å²) < 4.78 is 20.5. The van der Waals surface area contributed by atoms with Crippen molar-refractivity contribution >= 4 is 17.7 Å². The number of rotatable bonds is 8. The molecule has 88 valence electrons. The molecule has 6 heteroatoms. The first-order valence-electron chi connectivity index (χ1n) is 4.74. The van der Waals surface area contributed by atoms with Gasteiger partial charge in [-0.05, 0) is 12.8 Å². The molecule has 0 aliphatic carbocycles. The second kappa shape index (κ2) is 10.1. The standard InChI is InChI=1S/C8H19O4P.H3P/c1-3-5-7-11-13(9,10)12-8-6-4-2;/h3-8H2,1-2H3,(H,9,10);1H3. The van der Waals surface area contributed by atoms with Crippen LogP contribution in [0.25, 0.3) is 0 Å². The van der Waals surface area contributed by atoms with Crippen LogP contribution in [0.5, 0.6) is 0 Å². The van der Waals surface area contributed by atoms with Crippen molar-refractivity contribution in [2.45, 2.75) is 39.5 Å². The van der Waals surface area contributed by atoms with E-state index in [9.17, 15) is 4.57 Å². The summed E-state index contributed by atoms with van der Waals surface area (Å²) in [6.45, 7) is 4.56. The largest absolute Gasteiger partial charge is 0.472 e. The molecule has 4 nitrogen and oxygen atoms in total. The molecule has 0 heterocycles. The lowest BCUT2D eigenvalue weighted by Crippen LogP contribution is -1.98. The van der Waals surface area contributed by atoms with E-state index in [4.69, 9.17) is 13.9 Å². The Hall–Kier alpha value is 0.540. The summed E-state index contributed by atoms with van der Waals surface area (Å²) in [5, 5.41) is 0. The van der Waals surface area contributed by atoms with E-state index in [1.807, 2.05) is 13.8 Å². The SMILES string of the molecule is CCCCOP(=O)(O)OCCCC.P. The third kappa shape index (κ3) is 10.6. The molecule has 0 radical (unpaired) electrons. The highest BCUT2D eigenvalue weighted by Crippen LogP contribution is 2.43. The Bertz CT molecular complexity index is 149. The van der Waals surface area contributed by atoms with Crippen LogP contribution in [0.2, 0.25) is 0 Å². The smallest absolute Gasteiger partial charge is 0.302 e. The predicted octanol–water partition coefficient (Wildman–Crippen LogP) is 2.78. The second-order valence-corrected chi connectivity index (χ2v) is 4.30. The normalized spacial score (nSPS) is 11.1. The Morgan fingerprint density at radius 1 is 1.07 bits per heavy atom. The van der Waals surface area contributed by atoms with Gasteiger partial charge in [-0.25, -0.2) is 4.57 Å². The van der Waals surface area contributed by atoms with Crippen molar-refractivity contribution in [2.24, 2.45) is 0 Å². The average molecular weight is 244 g/mol. The molecule has 0 fully saturated rings. The van der Waals surface area contributed by atoms with Gasteiger partial charge in [-0.1, -0.05) is 26.7 Å². The van der Waals surface area contributed by atoms with Crippen LogP contribution in [0.4, 0.5) is 0 Å². The predicted molar refractivity (Wildman–Crippen MR) is 62.7 cm³/mol. The van der Waals surface area contributed by atoms with Crippen molar-refractivity contribution < 1.29 is 18.5 Å². The van der Waals surface area contributed by atoms with Gasteiger partial charge in [0.25, 0.3) is 0 Å². The molecule has 0 rings (SSSR count). The first-order valence-corrected chi connectivity index (χ1v) is 6.23. The summed E-state index contributed by atoms with van der Waals surface area (Å²) in [7, 11) is -3.75. The lowest BCUT2D eigenvalue weighted by atomic mass is 10.4. The second-order valence-electron chi connectivity index (χ2n) is 2.84. The minimum Gasteiger partial charge on any atom is -0.302 e. The Morgan fingerprint density at radius 2 is 1.43 bits per heavy atom. The molecule has 0 aromatic carbocycles. The number of phosphoric ester groups is 1. The first-order chi connectivity index (χ1) is 6.12. The van der Waals surface area contributed by atoms with Gasteiger partial charge in [0.05, 0.1) is 13.2 Å². The molecule has 0 aromatic heterocycles. The fourth-order valence-electron chi connectivity index (χ4n) is 0.686. The van der Waals surface area contributed by atoms with Gasteiger partial charge < -0.3 is 4.89 Å². The molecule has 0 spiro atoms. The van der Waals surface area contributed by atoms with Crippen LogP contribution < -0.4 is 0 Å². The summed E-state index contributed by atoms with van der Waals surface area (Å²) in [6, 6.07) is 0. The van der Waals surface area contributed by atoms with E-state index < -0.39 is 7.82 Å². The minimum atomic E-state index is -3.75. The van der Waals surface area contributed by atoms with Gasteiger partial charge in [-0.3, -0.25) is 9.05 Å². The van der Waals surface area contributed by atoms with Gasteiger partial charge in [0.2, 0.25) is 0 Å². The van der Waals surface area contributed by atoms with Crippen molar-refractivity contribution in [2.75, 3.05) is 13.2 Å². The zero-order valence-corrected chi connectivity index (χ0v) is 11.4. The summed E-state index contributed by atoms with van der Waals surface area (Å²) in [5.74, 6) is 0. The fraction of sp³-hybridized carbons (Fsp3) is 1.00. The maximum atomic E-state index is 11.1. The van der Waals surface area contributed by atoms with Crippen LogP contribution in [0, 0.1) is 0 Å². The zero-order chi connectivity index (χ0) is 10.2. The number of unbranched alkanes of at least 4 members (excludes halogenated alkanes) is 2. The van der Waals surface area contributed by atoms with Crippen molar-refractivity contribution in [3.63, 3.8) is 0 Å². The summed E-state index contributed by atoms with van der Waals surface area (Å²) >= 11 is 0. The average Bonchev–Trinajstić information content (AvgIpc) is 2.05. The highest BCUT2D eigenvalue weighted by atomic mass is 31.2. The summed E-state index contributed by atoms with van der Waals surface area (Å²) in [5.41, 5.74) is 0. The first kappa shape index (κ1) is 17.0. The summed E-state index contributed by atoms with van der Waals surface area (Å²) in [6.07, 6.45) is 3.44. The van der Waals surface area contributed by atoms with Gasteiger partial charge >= 0.3 is 7.82 Å². The van der Waals surface area contributed by atoms with Crippen LogP contribution in [0.3, 0.4) is 0 Å². The Labute approximate surface area is 89.6 Å². The van der Waals surface area contributed by atoms with E-state index in [0.717, 1.165) is 25.7 Å². The third-order valence-corrected chi connectivity index (χ3v) is 2.52. The van der Waals surface area contributed by atoms with Crippen molar-refractivity contribution in [3.05, 3.63) is 0 Å². The molecule has 0 saturated heterocycles. The van der Waals surface area contributed by atoms with Gasteiger partial charge in [0.15, 0.2) is 0 Å². The quantitative estimate of drug-likeness (QED) is 0.527. The van der Waals surface area contributed by atoms with Crippen molar-refractivity contribution in [3.8, 4) is 0 Å². The highest BCUT2D eigenvalue weighted by Gasteiger charge is 2.19. The molecule has 0 saturated carbocycles. The molecule has 14 heavy (non-hydrogen) atoms. The molecule has 1 N–H and O–H groups in total. The van der Waals surface area contributed by atoms with E-state index in [-0.39, 0.29) is 23.1 Å². The molecule has 0 bridgehead atoms. The van der Waals surface area contributed by atoms with Crippen LogP contribution in [0.15, 0.2) is 0 Å². The molecule has 1 atom stereocenters. The summed E-state index contributed by atoms with van der Waals surface area (Å²) in [4.78, 5) is 9.08. The maximum Gasteiger partial charge on any atom is 0.472 e. The lowest BCUT2D eigenvalue weighted by Gasteiger charge is -2.10. The van der Waals surface area contributed by atoms with Crippen LogP contribution in [-0.4, -0.2) is 18.1 Å². The highest BCUT2D eigenvalue weighted by molar-refractivity contribution is 7.47. The number of hydrogen-bond acceptors (Lipinski definition) is 3. The van der Waals surface area contributed by atoms with Crippen LogP contribution in [-0.2, 0) is 13.6 Å². The lowest BCUT2D eigenvalue weighted by molar-refractivity contribution is 0.146. The van der Waals surface area contributed by atoms with E-state index in [1.54, 1.807) is 0 Å². The molecule has 0 amide bonds. The minimum absolute atomic E-state index is 0. The number of phosphoric acid groups is 1. The Morgan fingerprint density at radius 3 is 1.71 bits per heavy atom. The third-order valence-electron chi connectivity index (χ3n) is 1.50. The van der Waals surface area contributed by atoms with Crippen molar-refractivity contribution in [1.29, 1.82) is 0 Å². The fourth-order valence-corrected chi connectivity index (χ4v) is 1.48. The Balaban J connectivity index is 0. The van der Waals surface area contributed by atoms with Gasteiger partial charge in [-0.15, -0.1) is 0 Å². The van der Waals surface area contributed by atoms with E-state index in [0.29, 0.717) is 0 Å².